The van der Waals surface area contributed by atoms with Crippen molar-refractivity contribution >= 4 is 35.2 Å². The van der Waals surface area contributed by atoms with Crippen molar-refractivity contribution in [2.75, 3.05) is 11.9 Å². The number of carbonyl (C=O) groups is 1. The summed E-state index contributed by atoms with van der Waals surface area (Å²) in [6, 6.07) is 7.08. The Morgan fingerprint density at radius 1 is 1.35 bits per heavy atom. The smallest absolute Gasteiger partial charge is 0.300 e. The number of aliphatic imine (C=N–C) groups is 2. The van der Waals surface area contributed by atoms with E-state index >= 15 is 0 Å². The fourth-order valence-corrected chi connectivity index (χ4v) is 1.16. The summed E-state index contributed by atoms with van der Waals surface area (Å²) in [5.74, 6) is -0.488. The van der Waals surface area contributed by atoms with Gasteiger partial charge >= 0.3 is 0 Å². The summed E-state index contributed by atoms with van der Waals surface area (Å²) in [5.41, 5.74) is 11.9. The Balaban J connectivity index is 0.000000796. The number of carboxylic acids is 1. The molecule has 110 valence electrons. The van der Waals surface area contributed by atoms with Crippen molar-refractivity contribution in [1.29, 1.82) is 0 Å². The highest BCUT2D eigenvalue weighted by molar-refractivity contribution is 6.30. The van der Waals surface area contributed by atoms with E-state index in [0.29, 0.717) is 11.6 Å². The van der Waals surface area contributed by atoms with Crippen LogP contribution in [0.15, 0.2) is 34.3 Å². The molecule has 6 N–H and O–H groups in total. The summed E-state index contributed by atoms with van der Waals surface area (Å²) in [4.78, 5) is 16.7. The number of hydrogen-bond acceptors (Lipinski definition) is 2. The molecule has 1 aromatic rings. The lowest BCUT2D eigenvalue weighted by Crippen LogP contribution is -2.26. The van der Waals surface area contributed by atoms with Gasteiger partial charge in [-0.3, -0.25) is 9.79 Å². The van der Waals surface area contributed by atoms with Crippen LogP contribution in [0.1, 0.15) is 13.8 Å². The fraction of sp³-hybridized carbons (Fsp3) is 0.250. The topological polar surface area (TPSA) is 126 Å². The van der Waals surface area contributed by atoms with Crippen LogP contribution in [-0.4, -0.2) is 29.5 Å². The minimum Gasteiger partial charge on any atom is -0.481 e. The molecule has 0 atom stereocenters. The second-order valence-corrected chi connectivity index (χ2v) is 3.92. The standard InChI is InChI=1S/C10H14ClN5.C2H4O2/c1-2-14-9(12)16-10(13)15-8-5-3-7(11)4-6-8;1-2(3)4/h3-6H,2H2,1H3,(H5,12,13,14,15,16);1H3,(H,3,4). The highest BCUT2D eigenvalue weighted by Crippen LogP contribution is 2.12. The largest absolute Gasteiger partial charge is 0.481 e. The average molecular weight is 300 g/mol. The van der Waals surface area contributed by atoms with Gasteiger partial charge in [0.05, 0.1) is 0 Å². The van der Waals surface area contributed by atoms with Crippen LogP contribution >= 0.6 is 11.6 Å². The first kappa shape index (κ1) is 17.7. The normalized spacial score (nSPS) is 11.3. The molecule has 0 saturated carbocycles. The molecule has 0 aliphatic heterocycles. The van der Waals surface area contributed by atoms with Crippen LogP contribution in [0.3, 0.4) is 0 Å². The number of rotatable bonds is 2. The summed E-state index contributed by atoms with van der Waals surface area (Å²) in [6.07, 6.45) is 0. The summed E-state index contributed by atoms with van der Waals surface area (Å²) in [6.45, 7) is 3.52. The minimum atomic E-state index is -0.833. The maximum Gasteiger partial charge on any atom is 0.300 e. The lowest BCUT2D eigenvalue weighted by Gasteiger charge is -2.04. The minimum absolute atomic E-state index is 0.154. The Kier molecular flexibility index (Phi) is 8.53. The maximum absolute atomic E-state index is 9.00. The van der Waals surface area contributed by atoms with E-state index in [2.05, 4.69) is 15.3 Å². The molecule has 8 heteroatoms. The molecule has 1 rings (SSSR count). The Morgan fingerprint density at radius 2 is 1.85 bits per heavy atom. The summed E-state index contributed by atoms with van der Waals surface area (Å²) in [5, 5.41) is 10.9. The molecule has 0 heterocycles. The average Bonchev–Trinajstić information content (AvgIpc) is 2.31. The maximum atomic E-state index is 9.00. The van der Waals surface area contributed by atoms with E-state index in [9.17, 15) is 0 Å². The number of guanidine groups is 2. The van der Waals surface area contributed by atoms with Crippen molar-refractivity contribution in [3.05, 3.63) is 29.3 Å². The third-order valence-electron chi connectivity index (χ3n) is 1.67. The van der Waals surface area contributed by atoms with E-state index in [-0.39, 0.29) is 11.9 Å². The van der Waals surface area contributed by atoms with Gasteiger partial charge in [0, 0.05) is 24.2 Å². The van der Waals surface area contributed by atoms with Crippen molar-refractivity contribution in [2.45, 2.75) is 13.8 Å². The van der Waals surface area contributed by atoms with Gasteiger partial charge in [-0.05, 0) is 31.2 Å². The summed E-state index contributed by atoms with van der Waals surface area (Å²) >= 11 is 5.75. The van der Waals surface area contributed by atoms with E-state index in [1.807, 2.05) is 6.92 Å². The molecule has 0 aliphatic carbocycles. The number of carboxylic acid groups (broad SMARTS) is 1. The van der Waals surface area contributed by atoms with Gasteiger partial charge in [0.15, 0.2) is 0 Å². The molecule has 0 spiro atoms. The Morgan fingerprint density at radius 3 is 2.30 bits per heavy atom. The second-order valence-electron chi connectivity index (χ2n) is 3.48. The molecule has 0 aliphatic rings. The SMILES string of the molecule is CC(=O)O.CCN=C(N)N=C(N)Nc1ccc(Cl)cc1. The van der Waals surface area contributed by atoms with Crippen LogP contribution in [0.5, 0.6) is 0 Å². The Labute approximate surface area is 122 Å². The molecule has 0 amide bonds. The number of anilines is 1. The molecule has 0 radical (unpaired) electrons. The Bertz CT molecular complexity index is 481. The predicted octanol–water partition coefficient (Wildman–Crippen LogP) is 1.49. The van der Waals surface area contributed by atoms with Crippen LogP contribution in [0.2, 0.25) is 5.02 Å². The zero-order chi connectivity index (χ0) is 15.5. The quantitative estimate of drug-likeness (QED) is 0.486. The zero-order valence-electron chi connectivity index (χ0n) is 11.3. The number of benzene rings is 1. The number of hydrogen-bond donors (Lipinski definition) is 4. The molecule has 0 fully saturated rings. The number of nitrogens with two attached hydrogens (primary N) is 2. The lowest BCUT2D eigenvalue weighted by molar-refractivity contribution is -0.134. The third kappa shape index (κ3) is 9.72. The van der Waals surface area contributed by atoms with Gasteiger partial charge in [-0.2, -0.15) is 4.99 Å². The highest BCUT2D eigenvalue weighted by atomic mass is 35.5. The zero-order valence-corrected chi connectivity index (χ0v) is 12.1. The van der Waals surface area contributed by atoms with E-state index in [0.717, 1.165) is 12.6 Å². The lowest BCUT2D eigenvalue weighted by atomic mass is 10.3. The summed E-state index contributed by atoms with van der Waals surface area (Å²) < 4.78 is 0. The van der Waals surface area contributed by atoms with Gasteiger partial charge in [0.25, 0.3) is 5.97 Å². The first-order valence-electron chi connectivity index (χ1n) is 5.71. The molecule has 1 aromatic carbocycles. The van der Waals surface area contributed by atoms with Gasteiger partial charge in [-0.15, -0.1) is 0 Å². The van der Waals surface area contributed by atoms with Crippen molar-refractivity contribution in [2.24, 2.45) is 21.5 Å². The summed E-state index contributed by atoms with van der Waals surface area (Å²) in [7, 11) is 0. The molecule has 0 saturated heterocycles. The van der Waals surface area contributed by atoms with Gasteiger partial charge < -0.3 is 21.9 Å². The molecule has 7 nitrogen and oxygen atoms in total. The molecular formula is C12H18ClN5O2. The monoisotopic (exact) mass is 299 g/mol. The van der Waals surface area contributed by atoms with E-state index in [4.69, 9.17) is 33.0 Å². The first-order chi connectivity index (χ1) is 9.35. The van der Waals surface area contributed by atoms with Gasteiger partial charge in [0.1, 0.15) is 0 Å². The van der Waals surface area contributed by atoms with Crippen molar-refractivity contribution < 1.29 is 9.90 Å². The van der Waals surface area contributed by atoms with Crippen LogP contribution in [-0.2, 0) is 4.79 Å². The number of aliphatic carboxylic acids is 1. The van der Waals surface area contributed by atoms with E-state index < -0.39 is 5.97 Å². The van der Waals surface area contributed by atoms with Crippen LogP contribution in [0, 0.1) is 0 Å². The van der Waals surface area contributed by atoms with Gasteiger partial charge in [-0.1, -0.05) is 11.6 Å². The second kappa shape index (κ2) is 9.62. The molecule has 0 unspecified atom stereocenters. The van der Waals surface area contributed by atoms with Gasteiger partial charge in [0.2, 0.25) is 11.9 Å². The van der Waals surface area contributed by atoms with Crippen molar-refractivity contribution in [3.63, 3.8) is 0 Å². The number of nitrogens with zero attached hydrogens (tertiary/aromatic N) is 2. The molecule has 0 bridgehead atoms. The van der Waals surface area contributed by atoms with Crippen LogP contribution < -0.4 is 16.8 Å². The van der Waals surface area contributed by atoms with Gasteiger partial charge in [-0.25, -0.2) is 0 Å². The van der Waals surface area contributed by atoms with E-state index in [1.54, 1.807) is 24.3 Å². The van der Waals surface area contributed by atoms with Crippen molar-refractivity contribution in [1.82, 2.24) is 0 Å². The first-order valence-corrected chi connectivity index (χ1v) is 6.09. The molecule has 20 heavy (non-hydrogen) atoms. The van der Waals surface area contributed by atoms with Crippen LogP contribution in [0.25, 0.3) is 0 Å². The van der Waals surface area contributed by atoms with E-state index in [1.165, 1.54) is 0 Å². The highest BCUT2D eigenvalue weighted by Gasteiger charge is 1.96. The number of halogens is 1. The predicted molar refractivity (Wildman–Crippen MR) is 82.2 cm³/mol. The molecular weight excluding hydrogens is 282 g/mol. The third-order valence-corrected chi connectivity index (χ3v) is 1.92. The fourth-order valence-electron chi connectivity index (χ4n) is 1.03. The van der Waals surface area contributed by atoms with Crippen LogP contribution in [0.4, 0.5) is 5.69 Å². The number of nitrogens with one attached hydrogen (secondary N) is 1. The Hall–Kier alpha value is -2.28. The molecule has 0 aromatic heterocycles. The van der Waals surface area contributed by atoms with Crippen molar-refractivity contribution in [3.8, 4) is 0 Å².